The molecule has 6 nitrogen and oxygen atoms in total. The molecular formula is C14H21N5O. The number of imidazole rings is 1. The number of methoxy groups -OCH3 is 1. The fourth-order valence-corrected chi connectivity index (χ4v) is 1.95. The third kappa shape index (κ3) is 3.48. The summed E-state index contributed by atoms with van der Waals surface area (Å²) in [5.74, 6) is 0.746. The van der Waals surface area contributed by atoms with Gasteiger partial charge in [-0.25, -0.2) is 4.98 Å². The van der Waals surface area contributed by atoms with Crippen LogP contribution in [0.1, 0.15) is 11.4 Å². The first-order valence-corrected chi connectivity index (χ1v) is 6.61. The standard InChI is InChI=1S/C14H21N5O/c1-11-5-4-6-13-18-12(10-19(11)13)9-17-14(15-2)16-7-8-20-3/h4-6,10H,7-9H2,1-3H3,(H2,15,16,17). The van der Waals surface area contributed by atoms with E-state index in [2.05, 4.69) is 38.0 Å². The number of rotatable bonds is 5. The van der Waals surface area contributed by atoms with Crippen LogP contribution in [0.2, 0.25) is 0 Å². The molecule has 0 saturated carbocycles. The van der Waals surface area contributed by atoms with Crippen molar-refractivity contribution in [2.24, 2.45) is 4.99 Å². The highest BCUT2D eigenvalue weighted by Gasteiger charge is 2.04. The zero-order chi connectivity index (χ0) is 14.4. The first kappa shape index (κ1) is 14.3. The first-order chi connectivity index (χ1) is 9.74. The summed E-state index contributed by atoms with van der Waals surface area (Å²) in [5.41, 5.74) is 3.11. The van der Waals surface area contributed by atoms with E-state index >= 15 is 0 Å². The van der Waals surface area contributed by atoms with Crippen LogP contribution in [-0.4, -0.2) is 42.7 Å². The number of nitrogens with one attached hydrogen (secondary N) is 2. The molecule has 108 valence electrons. The number of nitrogens with zero attached hydrogens (tertiary/aromatic N) is 3. The fourth-order valence-electron chi connectivity index (χ4n) is 1.95. The van der Waals surface area contributed by atoms with E-state index in [4.69, 9.17) is 4.74 Å². The highest BCUT2D eigenvalue weighted by atomic mass is 16.5. The van der Waals surface area contributed by atoms with E-state index in [1.165, 1.54) is 5.69 Å². The normalized spacial score (nSPS) is 11.8. The molecule has 0 unspecified atom stereocenters. The van der Waals surface area contributed by atoms with E-state index < -0.39 is 0 Å². The van der Waals surface area contributed by atoms with E-state index in [0.717, 1.165) is 23.8 Å². The van der Waals surface area contributed by atoms with Crippen LogP contribution in [0.15, 0.2) is 29.4 Å². The maximum absolute atomic E-state index is 4.99. The number of aromatic nitrogens is 2. The van der Waals surface area contributed by atoms with Gasteiger partial charge >= 0.3 is 0 Å². The lowest BCUT2D eigenvalue weighted by molar-refractivity contribution is 0.203. The molecule has 0 bridgehead atoms. The number of hydrogen-bond acceptors (Lipinski definition) is 3. The molecule has 0 fully saturated rings. The summed E-state index contributed by atoms with van der Waals surface area (Å²) in [5, 5.41) is 6.40. The van der Waals surface area contributed by atoms with Crippen LogP contribution >= 0.6 is 0 Å². The number of aryl methyl sites for hydroxylation is 1. The van der Waals surface area contributed by atoms with Crippen molar-refractivity contribution in [2.45, 2.75) is 13.5 Å². The van der Waals surface area contributed by atoms with Crippen LogP contribution in [0.25, 0.3) is 5.65 Å². The maximum Gasteiger partial charge on any atom is 0.191 e. The molecule has 0 amide bonds. The fraction of sp³-hybridized carbons (Fsp3) is 0.429. The molecule has 0 aliphatic heterocycles. The van der Waals surface area contributed by atoms with Crippen molar-refractivity contribution >= 4 is 11.6 Å². The van der Waals surface area contributed by atoms with Crippen molar-refractivity contribution in [3.63, 3.8) is 0 Å². The first-order valence-electron chi connectivity index (χ1n) is 6.61. The SMILES string of the molecule is CN=C(NCCOC)NCc1cn2c(C)cccc2n1. The van der Waals surface area contributed by atoms with E-state index in [-0.39, 0.29) is 0 Å². The number of hydrogen-bond donors (Lipinski definition) is 2. The van der Waals surface area contributed by atoms with Gasteiger partial charge in [0.05, 0.1) is 18.8 Å². The van der Waals surface area contributed by atoms with E-state index in [1.54, 1.807) is 14.2 Å². The second-order valence-corrected chi connectivity index (χ2v) is 4.47. The molecule has 0 spiro atoms. The smallest absolute Gasteiger partial charge is 0.191 e. The van der Waals surface area contributed by atoms with Gasteiger partial charge in [-0.15, -0.1) is 0 Å². The minimum absolute atomic E-state index is 0.633. The summed E-state index contributed by atoms with van der Waals surface area (Å²) in [6.07, 6.45) is 2.04. The van der Waals surface area contributed by atoms with Crippen molar-refractivity contribution in [3.8, 4) is 0 Å². The molecule has 0 saturated heterocycles. The molecule has 0 radical (unpaired) electrons. The highest BCUT2D eigenvalue weighted by molar-refractivity contribution is 5.79. The zero-order valence-electron chi connectivity index (χ0n) is 12.2. The summed E-state index contributed by atoms with van der Waals surface area (Å²) in [6, 6.07) is 6.08. The van der Waals surface area contributed by atoms with Gasteiger partial charge < -0.3 is 19.8 Å². The second kappa shape index (κ2) is 6.91. The number of aliphatic imine (C=N–C) groups is 1. The van der Waals surface area contributed by atoms with E-state index in [0.29, 0.717) is 13.2 Å². The Kier molecular flexibility index (Phi) is 4.95. The van der Waals surface area contributed by atoms with Crippen molar-refractivity contribution in [3.05, 3.63) is 35.8 Å². The van der Waals surface area contributed by atoms with Crippen LogP contribution in [0.5, 0.6) is 0 Å². The summed E-state index contributed by atoms with van der Waals surface area (Å²) in [7, 11) is 3.42. The average Bonchev–Trinajstić information content (AvgIpc) is 2.87. The minimum atomic E-state index is 0.633. The highest BCUT2D eigenvalue weighted by Crippen LogP contribution is 2.07. The summed E-state index contributed by atoms with van der Waals surface area (Å²) < 4.78 is 7.07. The van der Waals surface area contributed by atoms with Gasteiger partial charge in [0.25, 0.3) is 0 Å². The lowest BCUT2D eigenvalue weighted by Crippen LogP contribution is -2.38. The average molecular weight is 275 g/mol. The molecule has 0 atom stereocenters. The number of guanidine groups is 1. The van der Waals surface area contributed by atoms with Gasteiger partial charge in [0.2, 0.25) is 0 Å². The third-order valence-electron chi connectivity index (χ3n) is 3.01. The molecule has 0 aliphatic rings. The van der Waals surface area contributed by atoms with Crippen LogP contribution in [0, 0.1) is 6.92 Å². The Morgan fingerprint density at radius 3 is 2.95 bits per heavy atom. The zero-order valence-corrected chi connectivity index (χ0v) is 12.2. The van der Waals surface area contributed by atoms with Gasteiger partial charge in [-0.1, -0.05) is 6.07 Å². The van der Waals surface area contributed by atoms with Gasteiger partial charge in [-0.05, 0) is 19.1 Å². The monoisotopic (exact) mass is 275 g/mol. The predicted octanol–water partition coefficient (Wildman–Crippen LogP) is 0.954. The van der Waals surface area contributed by atoms with Crippen LogP contribution < -0.4 is 10.6 Å². The molecule has 2 aromatic rings. The van der Waals surface area contributed by atoms with Crippen LogP contribution in [0.3, 0.4) is 0 Å². The largest absolute Gasteiger partial charge is 0.383 e. The molecule has 2 rings (SSSR count). The third-order valence-corrected chi connectivity index (χ3v) is 3.01. The van der Waals surface area contributed by atoms with Crippen molar-refractivity contribution in [2.75, 3.05) is 27.3 Å². The quantitative estimate of drug-likeness (QED) is 0.484. The molecule has 0 aromatic carbocycles. The number of fused-ring (bicyclic) bond motifs is 1. The van der Waals surface area contributed by atoms with E-state index in [9.17, 15) is 0 Å². The Hall–Kier alpha value is -2.08. The maximum atomic E-state index is 4.99. The Morgan fingerprint density at radius 1 is 1.40 bits per heavy atom. The topological polar surface area (TPSA) is 63.0 Å². The van der Waals surface area contributed by atoms with Gasteiger partial charge in [-0.3, -0.25) is 4.99 Å². The minimum Gasteiger partial charge on any atom is -0.383 e. The van der Waals surface area contributed by atoms with Crippen molar-refractivity contribution in [1.82, 2.24) is 20.0 Å². The van der Waals surface area contributed by atoms with Crippen molar-refractivity contribution < 1.29 is 4.74 Å². The molecule has 2 heterocycles. The van der Waals surface area contributed by atoms with Gasteiger partial charge in [-0.2, -0.15) is 0 Å². The Morgan fingerprint density at radius 2 is 2.25 bits per heavy atom. The van der Waals surface area contributed by atoms with Gasteiger partial charge in [0, 0.05) is 32.6 Å². The summed E-state index contributed by atoms with van der Waals surface area (Å²) in [6.45, 7) is 4.07. The number of pyridine rings is 1. The second-order valence-electron chi connectivity index (χ2n) is 4.47. The predicted molar refractivity (Wildman–Crippen MR) is 80.0 cm³/mol. The van der Waals surface area contributed by atoms with E-state index in [1.807, 2.05) is 18.3 Å². The molecular weight excluding hydrogens is 254 g/mol. The lowest BCUT2D eigenvalue weighted by atomic mass is 10.4. The number of ether oxygens (including phenoxy) is 1. The summed E-state index contributed by atoms with van der Waals surface area (Å²) in [4.78, 5) is 8.72. The Bertz CT molecular complexity index is 590. The lowest BCUT2D eigenvalue weighted by Gasteiger charge is -2.10. The molecule has 6 heteroatoms. The summed E-state index contributed by atoms with van der Waals surface area (Å²) >= 11 is 0. The van der Waals surface area contributed by atoms with Crippen LogP contribution in [-0.2, 0) is 11.3 Å². The Balaban J connectivity index is 1.96. The molecule has 2 N–H and O–H groups in total. The van der Waals surface area contributed by atoms with Gasteiger partial charge in [0.15, 0.2) is 5.96 Å². The van der Waals surface area contributed by atoms with Crippen LogP contribution in [0.4, 0.5) is 0 Å². The molecule has 20 heavy (non-hydrogen) atoms. The Labute approximate surface area is 118 Å². The van der Waals surface area contributed by atoms with Crippen molar-refractivity contribution in [1.29, 1.82) is 0 Å². The molecule has 0 aliphatic carbocycles. The molecule has 2 aromatic heterocycles. The van der Waals surface area contributed by atoms with Gasteiger partial charge in [0.1, 0.15) is 5.65 Å².